The minimum atomic E-state index is -1.20. The third-order valence-electron chi connectivity index (χ3n) is 4.53. The van der Waals surface area contributed by atoms with Gasteiger partial charge in [0.1, 0.15) is 22.7 Å². The van der Waals surface area contributed by atoms with Gasteiger partial charge in [0.25, 0.3) is 11.8 Å². The zero-order valence-corrected chi connectivity index (χ0v) is 14.3. The van der Waals surface area contributed by atoms with Crippen LogP contribution < -0.4 is 5.32 Å². The Labute approximate surface area is 143 Å². The summed E-state index contributed by atoms with van der Waals surface area (Å²) in [6.07, 6.45) is 0. The predicted molar refractivity (Wildman–Crippen MR) is 87.7 cm³/mol. The molecule has 7 nitrogen and oxygen atoms in total. The van der Waals surface area contributed by atoms with Crippen LogP contribution >= 0.6 is 11.8 Å². The number of carboxylic acids is 1. The fourth-order valence-electron chi connectivity index (χ4n) is 3.31. The summed E-state index contributed by atoms with van der Waals surface area (Å²) in [5, 5.41) is 21.4. The van der Waals surface area contributed by atoms with E-state index in [-0.39, 0.29) is 11.3 Å². The van der Waals surface area contributed by atoms with Crippen LogP contribution in [0.15, 0.2) is 24.3 Å². The lowest BCUT2D eigenvalue weighted by Crippen LogP contribution is -2.78. The molecule has 3 N–H and O–H groups in total. The van der Waals surface area contributed by atoms with Crippen molar-refractivity contribution in [1.29, 1.82) is 0 Å². The Hall–Kier alpha value is -2.22. The molecule has 0 aliphatic carbocycles. The Morgan fingerprint density at radius 3 is 2.46 bits per heavy atom. The van der Waals surface area contributed by atoms with Crippen LogP contribution in [0.3, 0.4) is 0 Å². The second kappa shape index (κ2) is 5.14. The molecule has 2 aliphatic rings. The van der Waals surface area contributed by atoms with Crippen molar-refractivity contribution in [3.8, 4) is 5.75 Å². The summed E-state index contributed by atoms with van der Waals surface area (Å²) in [6, 6.07) is 5.12. The monoisotopic (exact) mass is 350 g/mol. The van der Waals surface area contributed by atoms with Crippen LogP contribution in [0.4, 0.5) is 0 Å². The minimum Gasteiger partial charge on any atom is -0.507 e. The first kappa shape index (κ1) is 16.6. The van der Waals surface area contributed by atoms with Gasteiger partial charge in [-0.15, -0.1) is 11.8 Å². The molecule has 2 saturated heterocycles. The molecule has 3 atom stereocenters. The second-order valence-electron chi connectivity index (χ2n) is 6.70. The number of amides is 2. The summed E-state index contributed by atoms with van der Waals surface area (Å²) in [5.74, 6) is -2.23. The number of phenolic OH excluding ortho intramolecular Hbond substituents is 1. The van der Waals surface area contributed by atoms with E-state index in [9.17, 15) is 24.6 Å². The maximum Gasteiger partial charge on any atom is 0.327 e. The second-order valence-corrected chi connectivity index (χ2v) is 8.43. The van der Waals surface area contributed by atoms with Crippen molar-refractivity contribution in [3.05, 3.63) is 29.8 Å². The molecule has 2 amide bonds. The van der Waals surface area contributed by atoms with Crippen LogP contribution in [0.5, 0.6) is 5.75 Å². The number of phenols is 1. The number of carbonyl (C=O) groups is 3. The highest BCUT2D eigenvalue weighted by atomic mass is 32.2. The lowest BCUT2D eigenvalue weighted by Gasteiger charge is -2.51. The number of carbonyl (C=O) groups excluding carboxylic acids is 2. The molecule has 8 heteroatoms. The molecule has 0 aromatic heterocycles. The number of hydrogen-bond acceptors (Lipinski definition) is 5. The highest BCUT2D eigenvalue weighted by Gasteiger charge is 2.70. The van der Waals surface area contributed by atoms with Gasteiger partial charge in [-0.25, -0.2) is 4.79 Å². The van der Waals surface area contributed by atoms with Gasteiger partial charge < -0.3 is 20.4 Å². The van der Waals surface area contributed by atoms with Gasteiger partial charge in [0.05, 0.1) is 5.56 Å². The van der Waals surface area contributed by atoms with Gasteiger partial charge in [0.15, 0.2) is 0 Å². The van der Waals surface area contributed by atoms with E-state index < -0.39 is 39.5 Å². The van der Waals surface area contributed by atoms with E-state index in [2.05, 4.69) is 5.32 Å². The molecule has 1 aromatic carbocycles. The van der Waals surface area contributed by atoms with Gasteiger partial charge in [-0.2, -0.15) is 0 Å². The summed E-state index contributed by atoms with van der Waals surface area (Å²) >= 11 is 1.35. The highest BCUT2D eigenvalue weighted by Crippen LogP contribution is 2.54. The van der Waals surface area contributed by atoms with Crippen molar-refractivity contribution in [2.75, 3.05) is 0 Å². The normalized spacial score (nSPS) is 30.5. The molecule has 2 aliphatic heterocycles. The van der Waals surface area contributed by atoms with Crippen molar-refractivity contribution in [2.24, 2.45) is 0 Å². The van der Waals surface area contributed by atoms with Crippen molar-refractivity contribution in [3.63, 3.8) is 0 Å². The summed E-state index contributed by atoms with van der Waals surface area (Å²) in [6.45, 7) is 5.13. The SMILES string of the molecule is CC1(C)S[C@H]2N(C(=O)C2(C)NC(=O)c2ccccc2O)[C@H]1C(=O)O. The zero-order valence-electron chi connectivity index (χ0n) is 13.4. The predicted octanol–water partition coefficient (Wildman–Crippen LogP) is 1.03. The van der Waals surface area contributed by atoms with Crippen LogP contribution in [0.1, 0.15) is 31.1 Å². The zero-order chi connectivity index (χ0) is 17.9. The van der Waals surface area contributed by atoms with Crippen LogP contribution in [-0.2, 0) is 9.59 Å². The van der Waals surface area contributed by atoms with Gasteiger partial charge in [0, 0.05) is 4.75 Å². The molecule has 0 radical (unpaired) electrons. The van der Waals surface area contributed by atoms with Crippen LogP contribution in [0, 0.1) is 0 Å². The number of carboxylic acid groups (broad SMARTS) is 1. The molecule has 2 fully saturated rings. The molecular formula is C16H18N2O5S. The van der Waals surface area contributed by atoms with Crippen molar-refractivity contribution >= 4 is 29.5 Å². The number of β-lactam (4-membered cyclic amide) rings is 1. The lowest BCUT2D eigenvalue weighted by molar-refractivity contribution is -0.165. The van der Waals surface area contributed by atoms with E-state index in [1.54, 1.807) is 32.9 Å². The van der Waals surface area contributed by atoms with E-state index in [4.69, 9.17) is 0 Å². The maximum absolute atomic E-state index is 12.6. The van der Waals surface area contributed by atoms with E-state index in [1.807, 2.05) is 0 Å². The fraction of sp³-hybridized carbons (Fsp3) is 0.438. The molecule has 128 valence electrons. The topological polar surface area (TPSA) is 107 Å². The fourth-order valence-corrected chi connectivity index (χ4v) is 4.95. The minimum absolute atomic E-state index is 0.0713. The molecule has 2 heterocycles. The number of benzene rings is 1. The smallest absolute Gasteiger partial charge is 0.327 e. The third kappa shape index (κ3) is 2.16. The van der Waals surface area contributed by atoms with E-state index in [1.165, 1.54) is 28.8 Å². The maximum atomic E-state index is 12.6. The first-order valence-electron chi connectivity index (χ1n) is 7.43. The summed E-state index contributed by atoms with van der Waals surface area (Å²) in [4.78, 5) is 37.9. The number of rotatable bonds is 3. The molecule has 1 unspecified atom stereocenters. The number of fused-ring (bicyclic) bond motifs is 1. The molecule has 3 rings (SSSR count). The quantitative estimate of drug-likeness (QED) is 0.703. The molecule has 24 heavy (non-hydrogen) atoms. The molecule has 0 bridgehead atoms. The van der Waals surface area contributed by atoms with Crippen LogP contribution in [0.25, 0.3) is 0 Å². The average Bonchev–Trinajstić information content (AvgIpc) is 2.77. The third-order valence-corrected chi connectivity index (χ3v) is 6.29. The summed E-state index contributed by atoms with van der Waals surface area (Å²) < 4.78 is -0.663. The Kier molecular flexibility index (Phi) is 3.56. The van der Waals surface area contributed by atoms with Gasteiger partial charge in [-0.05, 0) is 32.9 Å². The van der Waals surface area contributed by atoms with Crippen molar-refractivity contribution in [1.82, 2.24) is 10.2 Å². The number of hydrogen-bond donors (Lipinski definition) is 3. The Morgan fingerprint density at radius 1 is 1.25 bits per heavy atom. The number of thioether (sulfide) groups is 1. The standard InChI is InChI=1S/C16H18N2O5S/c1-15(2)10(12(21)22)18-13(23)16(3,14(18)24-15)17-11(20)8-6-4-5-7-9(8)19/h4-7,10,14,19H,1-3H3,(H,17,20)(H,21,22)/t10-,14+,16?/m0/s1. The Bertz CT molecular complexity index is 750. The summed E-state index contributed by atoms with van der Waals surface area (Å²) in [7, 11) is 0. The summed E-state index contributed by atoms with van der Waals surface area (Å²) in [5.41, 5.74) is -1.13. The van der Waals surface area contributed by atoms with Crippen LogP contribution in [0.2, 0.25) is 0 Å². The number of nitrogens with zero attached hydrogens (tertiary/aromatic N) is 1. The molecule has 1 aromatic rings. The Morgan fingerprint density at radius 2 is 1.88 bits per heavy atom. The number of para-hydroxylation sites is 1. The van der Waals surface area contributed by atoms with Gasteiger partial charge in [0.2, 0.25) is 0 Å². The molecular weight excluding hydrogens is 332 g/mol. The lowest BCUT2D eigenvalue weighted by atomic mass is 9.86. The first-order valence-corrected chi connectivity index (χ1v) is 8.31. The Balaban J connectivity index is 1.86. The van der Waals surface area contributed by atoms with E-state index in [0.717, 1.165) is 0 Å². The van der Waals surface area contributed by atoms with Crippen molar-refractivity contribution in [2.45, 2.75) is 42.5 Å². The molecule has 0 saturated carbocycles. The number of aromatic hydroxyl groups is 1. The van der Waals surface area contributed by atoms with E-state index in [0.29, 0.717) is 0 Å². The molecule has 0 spiro atoms. The van der Waals surface area contributed by atoms with E-state index >= 15 is 0 Å². The highest BCUT2D eigenvalue weighted by molar-refractivity contribution is 8.01. The number of aliphatic carboxylic acids is 1. The van der Waals surface area contributed by atoms with Crippen molar-refractivity contribution < 1.29 is 24.6 Å². The van der Waals surface area contributed by atoms with Gasteiger partial charge >= 0.3 is 5.97 Å². The average molecular weight is 350 g/mol. The first-order chi connectivity index (χ1) is 11.1. The largest absolute Gasteiger partial charge is 0.507 e. The van der Waals surface area contributed by atoms with Gasteiger partial charge in [-0.3, -0.25) is 9.59 Å². The van der Waals surface area contributed by atoms with Crippen LogP contribution in [-0.4, -0.2) is 54.6 Å². The number of nitrogens with one attached hydrogen (secondary N) is 1. The van der Waals surface area contributed by atoms with Gasteiger partial charge in [-0.1, -0.05) is 12.1 Å².